The highest BCUT2D eigenvalue weighted by molar-refractivity contribution is 5.50. The van der Waals surface area contributed by atoms with Crippen molar-refractivity contribution in [1.82, 2.24) is 0 Å². The fraction of sp³-hybridized carbons (Fsp3) is 0.231. The molecule has 0 N–H and O–H groups in total. The lowest BCUT2D eigenvalue weighted by Crippen LogP contribution is -2.07. The SMILES string of the molecule is CN(C)c1ccc(C#CC#CC(F)(F)F)cc1. The Morgan fingerprint density at radius 1 is 1.00 bits per heavy atom. The Hall–Kier alpha value is -2.07. The molecule has 0 spiro atoms. The minimum atomic E-state index is -4.48. The first-order chi connectivity index (χ1) is 7.88. The van der Waals surface area contributed by atoms with Gasteiger partial charge in [0.2, 0.25) is 0 Å². The number of halogens is 3. The summed E-state index contributed by atoms with van der Waals surface area (Å²) in [4.78, 5) is 1.92. The van der Waals surface area contributed by atoms with Crippen molar-refractivity contribution in [3.05, 3.63) is 29.8 Å². The molecule has 0 aromatic heterocycles. The van der Waals surface area contributed by atoms with Crippen LogP contribution in [0.1, 0.15) is 5.56 Å². The summed E-state index contributed by atoms with van der Waals surface area (Å²) in [7, 11) is 3.80. The van der Waals surface area contributed by atoms with Crippen molar-refractivity contribution in [3.63, 3.8) is 0 Å². The molecule has 1 aromatic carbocycles. The largest absolute Gasteiger partial charge is 0.458 e. The van der Waals surface area contributed by atoms with Crippen molar-refractivity contribution in [3.8, 4) is 23.7 Å². The molecule has 1 nitrogen and oxygen atoms in total. The van der Waals surface area contributed by atoms with E-state index in [0.717, 1.165) is 11.6 Å². The molecule has 0 saturated carbocycles. The summed E-state index contributed by atoms with van der Waals surface area (Å²) < 4.78 is 35.0. The maximum absolute atomic E-state index is 11.7. The Kier molecular flexibility index (Phi) is 4.06. The van der Waals surface area contributed by atoms with Gasteiger partial charge < -0.3 is 4.90 Å². The molecule has 0 radical (unpaired) electrons. The van der Waals surface area contributed by atoms with Crippen LogP contribution in [0, 0.1) is 23.7 Å². The van der Waals surface area contributed by atoms with Crippen LogP contribution in [0.2, 0.25) is 0 Å². The molecule has 0 bridgehead atoms. The van der Waals surface area contributed by atoms with Crippen LogP contribution in [0.4, 0.5) is 18.9 Å². The lowest BCUT2D eigenvalue weighted by molar-refractivity contribution is -0.0696. The van der Waals surface area contributed by atoms with Gasteiger partial charge in [-0.15, -0.1) is 0 Å². The summed E-state index contributed by atoms with van der Waals surface area (Å²) in [5.41, 5.74) is 1.63. The molecule has 17 heavy (non-hydrogen) atoms. The van der Waals surface area contributed by atoms with Gasteiger partial charge >= 0.3 is 6.18 Å². The third-order valence-electron chi connectivity index (χ3n) is 1.86. The lowest BCUT2D eigenvalue weighted by atomic mass is 10.2. The number of alkyl halides is 3. The predicted molar refractivity (Wildman–Crippen MR) is 61.5 cm³/mol. The second-order valence-corrected chi connectivity index (χ2v) is 3.44. The van der Waals surface area contributed by atoms with Crippen LogP contribution in [0.15, 0.2) is 24.3 Å². The first-order valence-electron chi connectivity index (χ1n) is 4.76. The molecule has 0 unspecified atom stereocenters. The maximum Gasteiger partial charge on any atom is 0.458 e. The van der Waals surface area contributed by atoms with Gasteiger partial charge in [-0.05, 0) is 36.1 Å². The molecule has 1 aromatic rings. The number of nitrogens with zero attached hydrogens (tertiary/aromatic N) is 1. The second kappa shape index (κ2) is 5.32. The van der Waals surface area contributed by atoms with E-state index >= 15 is 0 Å². The van der Waals surface area contributed by atoms with Gasteiger partial charge in [0.1, 0.15) is 0 Å². The molecule has 0 fully saturated rings. The van der Waals surface area contributed by atoms with Gasteiger partial charge in [-0.25, -0.2) is 0 Å². The predicted octanol–water partition coefficient (Wildman–Crippen LogP) is 2.67. The van der Waals surface area contributed by atoms with Gasteiger partial charge in [-0.3, -0.25) is 0 Å². The Morgan fingerprint density at radius 3 is 2.06 bits per heavy atom. The average Bonchev–Trinajstić information content (AvgIpc) is 2.24. The third-order valence-corrected chi connectivity index (χ3v) is 1.86. The van der Waals surface area contributed by atoms with E-state index in [9.17, 15) is 13.2 Å². The first kappa shape index (κ1) is 13.0. The van der Waals surface area contributed by atoms with Crippen LogP contribution in [0.25, 0.3) is 0 Å². The molecule has 0 aliphatic heterocycles. The smallest absolute Gasteiger partial charge is 0.378 e. The summed E-state index contributed by atoms with van der Waals surface area (Å²) in [6.07, 6.45) is -4.48. The highest BCUT2D eigenvalue weighted by atomic mass is 19.4. The van der Waals surface area contributed by atoms with Gasteiger partial charge in [0.05, 0.1) is 0 Å². The van der Waals surface area contributed by atoms with Crippen molar-refractivity contribution in [2.45, 2.75) is 6.18 Å². The standard InChI is InChI=1S/C13H10F3N/c1-17(2)12-8-6-11(7-9-12)5-3-4-10-13(14,15)16/h6-9H,1-2H3. The van der Waals surface area contributed by atoms with E-state index in [-0.39, 0.29) is 0 Å². The molecule has 88 valence electrons. The minimum Gasteiger partial charge on any atom is -0.378 e. The van der Waals surface area contributed by atoms with E-state index in [4.69, 9.17) is 0 Å². The van der Waals surface area contributed by atoms with Crippen LogP contribution in [-0.4, -0.2) is 20.3 Å². The fourth-order valence-corrected chi connectivity index (χ4v) is 1.05. The van der Waals surface area contributed by atoms with E-state index in [1.807, 2.05) is 31.1 Å². The fourth-order valence-electron chi connectivity index (χ4n) is 1.05. The van der Waals surface area contributed by atoms with E-state index in [1.54, 1.807) is 18.1 Å². The molecule has 0 amide bonds. The summed E-state index contributed by atoms with van der Waals surface area (Å²) in [6, 6.07) is 7.14. The van der Waals surface area contributed by atoms with Crippen LogP contribution in [0.5, 0.6) is 0 Å². The van der Waals surface area contributed by atoms with Crippen molar-refractivity contribution >= 4 is 5.69 Å². The molecule has 0 aliphatic carbocycles. The zero-order chi connectivity index (χ0) is 12.9. The summed E-state index contributed by atoms with van der Waals surface area (Å²) in [5, 5.41) is 0. The normalized spacial score (nSPS) is 9.71. The van der Waals surface area contributed by atoms with Gasteiger partial charge in [-0.1, -0.05) is 5.92 Å². The molecule has 0 heterocycles. The van der Waals surface area contributed by atoms with Crippen LogP contribution in [0.3, 0.4) is 0 Å². The quantitative estimate of drug-likeness (QED) is 0.679. The zero-order valence-electron chi connectivity index (χ0n) is 9.39. The van der Waals surface area contributed by atoms with E-state index in [0.29, 0.717) is 5.56 Å². The topological polar surface area (TPSA) is 3.24 Å². The average molecular weight is 237 g/mol. The van der Waals surface area contributed by atoms with Gasteiger partial charge in [0.25, 0.3) is 0 Å². The van der Waals surface area contributed by atoms with Crippen LogP contribution in [-0.2, 0) is 0 Å². The number of hydrogen-bond donors (Lipinski definition) is 0. The second-order valence-electron chi connectivity index (χ2n) is 3.44. The van der Waals surface area contributed by atoms with Crippen LogP contribution >= 0.6 is 0 Å². The zero-order valence-corrected chi connectivity index (χ0v) is 9.39. The number of rotatable bonds is 1. The van der Waals surface area contributed by atoms with Crippen molar-refractivity contribution < 1.29 is 13.2 Å². The Labute approximate surface area is 98.2 Å². The Balaban J connectivity index is 2.76. The number of anilines is 1. The Morgan fingerprint density at radius 2 is 1.59 bits per heavy atom. The molecule has 4 heteroatoms. The van der Waals surface area contributed by atoms with Crippen molar-refractivity contribution in [1.29, 1.82) is 0 Å². The molecular formula is C13H10F3N. The minimum absolute atomic E-state index is 0.632. The highest BCUT2D eigenvalue weighted by Gasteiger charge is 2.22. The molecule has 0 saturated heterocycles. The first-order valence-corrected chi connectivity index (χ1v) is 4.76. The maximum atomic E-state index is 11.7. The molecule has 0 aliphatic rings. The summed E-state index contributed by atoms with van der Waals surface area (Å²) in [6.45, 7) is 0. The van der Waals surface area contributed by atoms with E-state index in [1.165, 1.54) is 0 Å². The highest BCUT2D eigenvalue weighted by Crippen LogP contribution is 2.12. The van der Waals surface area contributed by atoms with Crippen LogP contribution < -0.4 is 4.90 Å². The van der Waals surface area contributed by atoms with Gasteiger partial charge in [0, 0.05) is 31.3 Å². The lowest BCUT2D eigenvalue weighted by Gasteiger charge is -2.11. The van der Waals surface area contributed by atoms with Crippen molar-refractivity contribution in [2.24, 2.45) is 0 Å². The Bertz CT molecular complexity index is 490. The van der Waals surface area contributed by atoms with Gasteiger partial charge in [-0.2, -0.15) is 13.2 Å². The van der Waals surface area contributed by atoms with Crippen molar-refractivity contribution in [2.75, 3.05) is 19.0 Å². The monoisotopic (exact) mass is 237 g/mol. The summed E-state index contributed by atoms with van der Waals surface area (Å²) in [5.74, 6) is 7.56. The van der Waals surface area contributed by atoms with E-state index in [2.05, 4.69) is 11.8 Å². The summed E-state index contributed by atoms with van der Waals surface area (Å²) >= 11 is 0. The molecule has 1 rings (SSSR count). The third kappa shape index (κ3) is 4.99. The molecule has 0 atom stereocenters. The van der Waals surface area contributed by atoms with E-state index < -0.39 is 6.18 Å². The molecular weight excluding hydrogens is 227 g/mol. The van der Waals surface area contributed by atoms with Gasteiger partial charge in [0.15, 0.2) is 0 Å². The number of hydrogen-bond acceptors (Lipinski definition) is 1. The number of benzene rings is 1.